The summed E-state index contributed by atoms with van der Waals surface area (Å²) in [6.45, 7) is 4.46. The van der Waals surface area contributed by atoms with Gasteiger partial charge in [-0.05, 0) is 38.8 Å². The highest BCUT2D eigenvalue weighted by Crippen LogP contribution is 2.44. The van der Waals surface area contributed by atoms with Gasteiger partial charge in [-0.15, -0.1) is 0 Å². The van der Waals surface area contributed by atoms with E-state index in [4.69, 9.17) is 0 Å². The lowest BCUT2D eigenvalue weighted by molar-refractivity contribution is 1.000. The number of hydrogen-bond donors (Lipinski definition) is 0. The monoisotopic (exact) mass is 292 g/mol. The van der Waals surface area contributed by atoms with Crippen molar-refractivity contribution in [2.24, 2.45) is 0 Å². The van der Waals surface area contributed by atoms with Crippen LogP contribution in [0, 0.1) is 0 Å². The van der Waals surface area contributed by atoms with Crippen LogP contribution in [0.1, 0.15) is 20.3 Å². The lowest BCUT2D eigenvalue weighted by Crippen LogP contribution is -2.21. The molecule has 2 aromatic carbocycles. The third-order valence-corrected chi connectivity index (χ3v) is 6.86. The first-order chi connectivity index (χ1) is 10.3. The van der Waals surface area contributed by atoms with Crippen LogP contribution in [0.3, 0.4) is 0 Å². The summed E-state index contributed by atoms with van der Waals surface area (Å²) >= 11 is 0. The average Bonchev–Trinajstić information content (AvgIpc) is 2.53. The summed E-state index contributed by atoms with van der Waals surface area (Å²) in [7, 11) is -0.336. The molecule has 21 heavy (non-hydrogen) atoms. The summed E-state index contributed by atoms with van der Waals surface area (Å²) in [5.74, 6) is 0. The third kappa shape index (κ3) is 3.17. The number of benzene rings is 2. The summed E-state index contributed by atoms with van der Waals surface area (Å²) in [6.07, 6.45) is 6.04. The Bertz CT molecular complexity index is 613. The molecule has 1 atom stereocenters. The van der Waals surface area contributed by atoms with Crippen LogP contribution < -0.4 is 10.6 Å². The van der Waals surface area contributed by atoms with Crippen molar-refractivity contribution >= 4 is 18.5 Å². The molecule has 0 bridgehead atoms. The van der Waals surface area contributed by atoms with E-state index >= 15 is 0 Å². The van der Waals surface area contributed by atoms with Gasteiger partial charge in [0.15, 0.2) is 0 Å². The Labute approximate surface area is 129 Å². The van der Waals surface area contributed by atoms with Crippen molar-refractivity contribution in [2.45, 2.75) is 25.9 Å². The fourth-order valence-corrected chi connectivity index (χ4v) is 5.58. The van der Waals surface area contributed by atoms with Crippen LogP contribution in [-0.4, -0.2) is 5.66 Å². The minimum absolute atomic E-state index is 0.336. The molecule has 0 saturated heterocycles. The zero-order chi connectivity index (χ0) is 14.7. The zero-order valence-corrected chi connectivity index (χ0v) is 13.6. The van der Waals surface area contributed by atoms with E-state index < -0.39 is 0 Å². The van der Waals surface area contributed by atoms with Crippen molar-refractivity contribution in [3.8, 4) is 0 Å². The van der Waals surface area contributed by atoms with Gasteiger partial charge in [0.25, 0.3) is 0 Å². The minimum atomic E-state index is -0.336. The molecule has 0 heterocycles. The van der Waals surface area contributed by atoms with Crippen LogP contribution in [0.4, 0.5) is 0 Å². The lowest BCUT2D eigenvalue weighted by Gasteiger charge is -2.28. The molecule has 1 aliphatic carbocycles. The van der Waals surface area contributed by atoms with E-state index in [0.29, 0.717) is 5.66 Å². The maximum absolute atomic E-state index is 2.49. The molecule has 106 valence electrons. The molecule has 0 aliphatic heterocycles. The predicted octanol–water partition coefficient (Wildman–Crippen LogP) is 4.78. The number of rotatable bonds is 3. The van der Waals surface area contributed by atoms with Gasteiger partial charge >= 0.3 is 0 Å². The Balaban J connectivity index is 2.02. The lowest BCUT2D eigenvalue weighted by atomic mass is 10.0. The van der Waals surface area contributed by atoms with Gasteiger partial charge in [-0.25, -0.2) is 0 Å². The fourth-order valence-electron chi connectivity index (χ4n) is 2.84. The van der Waals surface area contributed by atoms with Gasteiger partial charge in [-0.1, -0.05) is 84.0 Å². The summed E-state index contributed by atoms with van der Waals surface area (Å²) < 4.78 is 0. The van der Waals surface area contributed by atoms with E-state index in [1.54, 1.807) is 0 Å². The molecular formula is C20H21P. The van der Waals surface area contributed by atoms with E-state index in [1.165, 1.54) is 21.8 Å². The summed E-state index contributed by atoms with van der Waals surface area (Å²) in [5.41, 5.74) is 3.47. The molecule has 1 aliphatic rings. The highest BCUT2D eigenvalue weighted by Gasteiger charge is 2.24. The molecule has 1 unspecified atom stereocenters. The Hall–Kier alpha value is -1.65. The highest BCUT2D eigenvalue weighted by atomic mass is 31.1. The maximum atomic E-state index is 2.49. The second kappa shape index (κ2) is 6.41. The van der Waals surface area contributed by atoms with Gasteiger partial charge in [0.1, 0.15) is 0 Å². The second-order valence-electron chi connectivity index (χ2n) is 5.58. The van der Waals surface area contributed by atoms with Crippen molar-refractivity contribution in [1.82, 2.24) is 0 Å². The van der Waals surface area contributed by atoms with Crippen molar-refractivity contribution in [3.05, 3.63) is 84.0 Å². The number of hydrogen-bond acceptors (Lipinski definition) is 0. The Morgan fingerprint density at radius 2 is 1.29 bits per heavy atom. The van der Waals surface area contributed by atoms with Gasteiger partial charge in [-0.2, -0.15) is 0 Å². The van der Waals surface area contributed by atoms with Crippen LogP contribution >= 0.6 is 7.92 Å². The molecular weight excluding hydrogens is 271 g/mol. The van der Waals surface area contributed by atoms with Crippen LogP contribution in [0.15, 0.2) is 84.0 Å². The first-order valence-electron chi connectivity index (χ1n) is 7.50. The van der Waals surface area contributed by atoms with E-state index in [1.807, 2.05) is 0 Å². The van der Waals surface area contributed by atoms with Gasteiger partial charge in [0, 0.05) is 5.66 Å². The van der Waals surface area contributed by atoms with Crippen molar-refractivity contribution < 1.29 is 0 Å². The SMILES string of the molecule is CC1=CCC(P(c2ccccc2)c2ccccc2)C=C1C. The minimum Gasteiger partial charge on any atom is -0.0804 e. The molecule has 0 radical (unpaired) electrons. The Kier molecular flexibility index (Phi) is 4.36. The topological polar surface area (TPSA) is 0 Å². The van der Waals surface area contributed by atoms with E-state index in [0.717, 1.165) is 6.42 Å². The predicted molar refractivity (Wildman–Crippen MR) is 95.0 cm³/mol. The summed E-state index contributed by atoms with van der Waals surface area (Å²) in [4.78, 5) is 0. The molecule has 0 nitrogen and oxygen atoms in total. The first-order valence-corrected chi connectivity index (χ1v) is 8.91. The zero-order valence-electron chi connectivity index (χ0n) is 12.7. The molecule has 0 spiro atoms. The van der Waals surface area contributed by atoms with Gasteiger partial charge in [0.2, 0.25) is 0 Å². The smallest absolute Gasteiger partial charge is 0.00911 e. The molecule has 0 amide bonds. The standard InChI is InChI=1S/C20H21P/c1-16-13-14-20(15-17(16)2)21(18-9-5-3-6-10-18)19-11-7-4-8-12-19/h3-13,15,20H,14H2,1-2H3. The van der Waals surface area contributed by atoms with Crippen molar-refractivity contribution in [2.75, 3.05) is 0 Å². The second-order valence-corrected chi connectivity index (χ2v) is 8.02. The van der Waals surface area contributed by atoms with Crippen LogP contribution in [0.25, 0.3) is 0 Å². The van der Waals surface area contributed by atoms with Crippen molar-refractivity contribution in [3.63, 3.8) is 0 Å². The summed E-state index contributed by atoms with van der Waals surface area (Å²) in [6, 6.07) is 22.0. The molecule has 1 heteroatoms. The van der Waals surface area contributed by atoms with E-state index in [-0.39, 0.29) is 7.92 Å². The quantitative estimate of drug-likeness (QED) is 0.714. The third-order valence-electron chi connectivity index (χ3n) is 4.13. The van der Waals surface area contributed by atoms with E-state index in [2.05, 4.69) is 86.7 Å². The molecule has 0 N–H and O–H groups in total. The van der Waals surface area contributed by atoms with Crippen LogP contribution in [0.5, 0.6) is 0 Å². The first kappa shape index (κ1) is 14.3. The molecule has 0 aromatic heterocycles. The maximum Gasteiger partial charge on any atom is 0.00911 e. The average molecular weight is 292 g/mol. The van der Waals surface area contributed by atoms with Gasteiger partial charge in [-0.3, -0.25) is 0 Å². The molecule has 0 fully saturated rings. The molecule has 2 aromatic rings. The molecule has 0 saturated carbocycles. The van der Waals surface area contributed by atoms with Crippen LogP contribution in [0.2, 0.25) is 0 Å². The Morgan fingerprint density at radius 1 is 0.762 bits per heavy atom. The van der Waals surface area contributed by atoms with Gasteiger partial charge in [0.05, 0.1) is 0 Å². The normalized spacial score (nSPS) is 18.3. The molecule has 3 rings (SSSR count). The van der Waals surface area contributed by atoms with E-state index in [9.17, 15) is 0 Å². The number of allylic oxidation sites excluding steroid dienone is 4. The summed E-state index contributed by atoms with van der Waals surface area (Å²) in [5, 5.41) is 2.95. The highest BCUT2D eigenvalue weighted by molar-refractivity contribution is 7.73. The van der Waals surface area contributed by atoms with Crippen LogP contribution in [-0.2, 0) is 0 Å². The van der Waals surface area contributed by atoms with Crippen molar-refractivity contribution in [1.29, 1.82) is 0 Å². The Morgan fingerprint density at radius 3 is 1.76 bits per heavy atom. The largest absolute Gasteiger partial charge is 0.0804 e. The fraction of sp³-hybridized carbons (Fsp3) is 0.200. The van der Waals surface area contributed by atoms with Gasteiger partial charge < -0.3 is 0 Å².